The highest BCUT2D eigenvalue weighted by Gasteiger charge is 2.28. The van der Waals surface area contributed by atoms with Gasteiger partial charge in [0.2, 0.25) is 0 Å². The molecule has 0 bridgehead atoms. The summed E-state index contributed by atoms with van der Waals surface area (Å²) in [4.78, 5) is 11.4. The van der Waals surface area contributed by atoms with Crippen molar-refractivity contribution in [2.75, 3.05) is 0 Å². The molecule has 0 aliphatic heterocycles. The standard InChI is InChI=1S/C13H24O2/c1-7-8-9-13(5,6)11(4)15-12(14)10(2)3/h11H,2,7-9H2,1,3-6H3. The van der Waals surface area contributed by atoms with E-state index in [0.29, 0.717) is 5.57 Å². The van der Waals surface area contributed by atoms with Crippen molar-refractivity contribution in [3.05, 3.63) is 12.2 Å². The van der Waals surface area contributed by atoms with Gasteiger partial charge in [-0.1, -0.05) is 40.2 Å². The summed E-state index contributed by atoms with van der Waals surface area (Å²) in [7, 11) is 0. The van der Waals surface area contributed by atoms with Crippen LogP contribution in [0.25, 0.3) is 0 Å². The first-order valence-electron chi connectivity index (χ1n) is 5.67. The molecule has 0 aliphatic carbocycles. The summed E-state index contributed by atoms with van der Waals surface area (Å²) >= 11 is 0. The van der Waals surface area contributed by atoms with E-state index in [1.54, 1.807) is 6.92 Å². The van der Waals surface area contributed by atoms with Gasteiger partial charge in [-0.05, 0) is 20.3 Å². The molecule has 88 valence electrons. The van der Waals surface area contributed by atoms with Gasteiger partial charge in [-0.3, -0.25) is 0 Å². The number of hydrogen-bond acceptors (Lipinski definition) is 2. The predicted molar refractivity (Wildman–Crippen MR) is 63.7 cm³/mol. The molecule has 0 spiro atoms. The maximum Gasteiger partial charge on any atom is 0.333 e. The Hall–Kier alpha value is -0.790. The Bertz CT molecular complexity index is 229. The molecule has 0 aromatic rings. The average Bonchev–Trinajstić information content (AvgIpc) is 2.14. The Morgan fingerprint density at radius 3 is 2.40 bits per heavy atom. The molecule has 0 heterocycles. The molecule has 0 N–H and O–H groups in total. The summed E-state index contributed by atoms with van der Waals surface area (Å²) in [6, 6.07) is 0. The average molecular weight is 212 g/mol. The highest BCUT2D eigenvalue weighted by Crippen LogP contribution is 2.29. The first-order valence-corrected chi connectivity index (χ1v) is 5.67. The third-order valence-corrected chi connectivity index (χ3v) is 2.91. The molecule has 0 amide bonds. The molecule has 2 nitrogen and oxygen atoms in total. The second-order valence-electron chi connectivity index (χ2n) is 4.92. The van der Waals surface area contributed by atoms with Gasteiger partial charge in [0.05, 0.1) is 0 Å². The molecular weight excluding hydrogens is 188 g/mol. The zero-order valence-electron chi connectivity index (χ0n) is 10.7. The number of carbonyl (C=O) groups is 1. The van der Waals surface area contributed by atoms with Crippen LogP contribution in [0.15, 0.2) is 12.2 Å². The van der Waals surface area contributed by atoms with E-state index in [1.165, 1.54) is 12.8 Å². The molecule has 0 aromatic heterocycles. The van der Waals surface area contributed by atoms with E-state index >= 15 is 0 Å². The van der Waals surface area contributed by atoms with E-state index in [9.17, 15) is 4.79 Å². The van der Waals surface area contributed by atoms with Crippen LogP contribution in [0.3, 0.4) is 0 Å². The van der Waals surface area contributed by atoms with Gasteiger partial charge in [0.15, 0.2) is 0 Å². The molecule has 0 rings (SSSR count). The van der Waals surface area contributed by atoms with E-state index in [2.05, 4.69) is 27.4 Å². The Labute approximate surface area is 93.7 Å². The first kappa shape index (κ1) is 14.2. The lowest BCUT2D eigenvalue weighted by molar-refractivity contribution is -0.149. The van der Waals surface area contributed by atoms with Crippen LogP contribution in [0.4, 0.5) is 0 Å². The van der Waals surface area contributed by atoms with E-state index in [-0.39, 0.29) is 17.5 Å². The van der Waals surface area contributed by atoms with E-state index < -0.39 is 0 Å². The third-order valence-electron chi connectivity index (χ3n) is 2.91. The molecule has 1 atom stereocenters. The fraction of sp³-hybridized carbons (Fsp3) is 0.769. The Morgan fingerprint density at radius 1 is 1.47 bits per heavy atom. The fourth-order valence-electron chi connectivity index (χ4n) is 1.26. The van der Waals surface area contributed by atoms with Crippen molar-refractivity contribution >= 4 is 5.97 Å². The van der Waals surface area contributed by atoms with Gasteiger partial charge in [0, 0.05) is 11.0 Å². The largest absolute Gasteiger partial charge is 0.459 e. The summed E-state index contributed by atoms with van der Waals surface area (Å²) in [6.45, 7) is 13.7. The van der Waals surface area contributed by atoms with Crippen molar-refractivity contribution in [1.82, 2.24) is 0 Å². The van der Waals surface area contributed by atoms with Crippen LogP contribution >= 0.6 is 0 Å². The van der Waals surface area contributed by atoms with Gasteiger partial charge in [0.25, 0.3) is 0 Å². The van der Waals surface area contributed by atoms with E-state index in [1.807, 2.05) is 6.92 Å². The molecule has 0 saturated heterocycles. The molecule has 2 heteroatoms. The molecule has 0 radical (unpaired) electrons. The predicted octanol–water partition coefficient (Wildman–Crippen LogP) is 3.71. The van der Waals surface area contributed by atoms with Crippen molar-refractivity contribution in [2.45, 2.75) is 60.0 Å². The number of unbranched alkanes of at least 4 members (excludes halogenated alkanes) is 1. The van der Waals surface area contributed by atoms with Crippen LogP contribution in [0, 0.1) is 5.41 Å². The molecular formula is C13H24O2. The minimum Gasteiger partial charge on any atom is -0.459 e. The van der Waals surface area contributed by atoms with E-state index in [4.69, 9.17) is 4.74 Å². The maximum absolute atomic E-state index is 11.4. The topological polar surface area (TPSA) is 26.3 Å². The smallest absolute Gasteiger partial charge is 0.333 e. The zero-order chi connectivity index (χ0) is 12.1. The number of esters is 1. The minimum atomic E-state index is -0.285. The monoisotopic (exact) mass is 212 g/mol. The summed E-state index contributed by atoms with van der Waals surface area (Å²) < 4.78 is 5.34. The van der Waals surface area contributed by atoms with Crippen LogP contribution in [0.1, 0.15) is 53.9 Å². The van der Waals surface area contributed by atoms with E-state index in [0.717, 1.165) is 6.42 Å². The van der Waals surface area contributed by atoms with Crippen molar-refractivity contribution < 1.29 is 9.53 Å². The zero-order valence-corrected chi connectivity index (χ0v) is 10.7. The molecule has 15 heavy (non-hydrogen) atoms. The quantitative estimate of drug-likeness (QED) is 0.495. The summed E-state index contributed by atoms with van der Waals surface area (Å²) in [5, 5.41) is 0. The first-order chi connectivity index (χ1) is 6.81. The lowest BCUT2D eigenvalue weighted by atomic mass is 9.82. The van der Waals surface area contributed by atoms with Gasteiger partial charge < -0.3 is 4.74 Å². The van der Waals surface area contributed by atoms with Crippen LogP contribution in [0.5, 0.6) is 0 Å². The van der Waals surface area contributed by atoms with Crippen LogP contribution in [-0.4, -0.2) is 12.1 Å². The summed E-state index contributed by atoms with van der Waals surface area (Å²) in [5.74, 6) is -0.285. The van der Waals surface area contributed by atoms with Gasteiger partial charge >= 0.3 is 5.97 Å². The highest BCUT2D eigenvalue weighted by atomic mass is 16.5. The van der Waals surface area contributed by atoms with Gasteiger partial charge in [-0.15, -0.1) is 0 Å². The maximum atomic E-state index is 11.4. The minimum absolute atomic E-state index is 0.0428. The van der Waals surface area contributed by atoms with Crippen LogP contribution in [-0.2, 0) is 9.53 Å². The molecule has 0 aromatic carbocycles. The second kappa shape index (κ2) is 5.94. The van der Waals surface area contributed by atoms with Gasteiger partial charge in [0.1, 0.15) is 6.10 Å². The molecule has 1 unspecified atom stereocenters. The Morgan fingerprint density at radius 2 is 2.00 bits per heavy atom. The molecule has 0 fully saturated rings. The lowest BCUT2D eigenvalue weighted by Crippen LogP contribution is -2.31. The van der Waals surface area contributed by atoms with Gasteiger partial charge in [-0.25, -0.2) is 4.79 Å². The Kier molecular flexibility index (Phi) is 5.63. The van der Waals surface area contributed by atoms with Gasteiger partial charge in [-0.2, -0.15) is 0 Å². The van der Waals surface area contributed by atoms with Crippen LogP contribution in [0.2, 0.25) is 0 Å². The number of rotatable bonds is 6. The molecule has 0 saturated carbocycles. The SMILES string of the molecule is C=C(C)C(=O)OC(C)C(C)(C)CCCC. The highest BCUT2D eigenvalue weighted by molar-refractivity contribution is 5.87. The Balaban J connectivity index is 4.23. The van der Waals surface area contributed by atoms with Crippen molar-refractivity contribution in [3.8, 4) is 0 Å². The van der Waals surface area contributed by atoms with Crippen molar-refractivity contribution in [3.63, 3.8) is 0 Å². The lowest BCUT2D eigenvalue weighted by Gasteiger charge is -2.31. The third kappa shape index (κ3) is 5.01. The number of ether oxygens (including phenoxy) is 1. The van der Waals surface area contributed by atoms with Crippen LogP contribution < -0.4 is 0 Å². The number of hydrogen-bond donors (Lipinski definition) is 0. The summed E-state index contributed by atoms with van der Waals surface area (Å²) in [6.07, 6.45) is 3.36. The van der Waals surface area contributed by atoms with Crippen molar-refractivity contribution in [2.24, 2.45) is 5.41 Å². The summed E-state index contributed by atoms with van der Waals surface area (Å²) in [5.41, 5.74) is 0.509. The molecule has 0 aliphatic rings. The van der Waals surface area contributed by atoms with Crippen molar-refractivity contribution in [1.29, 1.82) is 0 Å². The second-order valence-corrected chi connectivity index (χ2v) is 4.92. The number of carbonyl (C=O) groups excluding carboxylic acids is 1. The normalized spacial score (nSPS) is 13.4. The fourth-order valence-corrected chi connectivity index (χ4v) is 1.26.